The number of hydrogen-bond acceptors (Lipinski definition) is 17. The monoisotopic (exact) mass is 914 g/mol. The van der Waals surface area contributed by atoms with Crippen molar-refractivity contribution in [2.45, 2.75) is 203 Å². The minimum atomic E-state index is -1.80. The molecule has 18 heteroatoms. The molecule has 3 aliphatic heterocycles. The van der Waals surface area contributed by atoms with Crippen molar-refractivity contribution in [2.24, 2.45) is 44.8 Å². The van der Waals surface area contributed by atoms with Crippen LogP contribution in [0.4, 0.5) is 0 Å². The number of rotatable bonds is 9. The molecule has 64 heavy (non-hydrogen) atoms. The molecule has 0 radical (unpaired) electrons. The Morgan fingerprint density at radius 2 is 1.42 bits per heavy atom. The third kappa shape index (κ3) is 7.56. The fourth-order valence-corrected chi connectivity index (χ4v) is 14.5. The van der Waals surface area contributed by atoms with Crippen LogP contribution < -0.4 is 0 Å². The first kappa shape index (κ1) is 49.0. The minimum absolute atomic E-state index is 0.0913. The summed E-state index contributed by atoms with van der Waals surface area (Å²) in [5, 5.41) is 120. The first-order chi connectivity index (χ1) is 29.9. The molecule has 5 aliphatic carbocycles. The highest BCUT2D eigenvalue weighted by Gasteiger charge is 2.70. The van der Waals surface area contributed by atoms with E-state index >= 15 is 0 Å². The van der Waals surface area contributed by atoms with Gasteiger partial charge in [-0.15, -0.1) is 0 Å². The van der Waals surface area contributed by atoms with Gasteiger partial charge in [-0.1, -0.05) is 39.3 Å². The number of aliphatic hydroxyl groups excluding tert-OH is 9. The van der Waals surface area contributed by atoms with E-state index in [1.807, 2.05) is 13.8 Å². The Hall–Kier alpha value is -1.43. The minimum Gasteiger partial charge on any atom is -0.481 e. The molecule has 3 heterocycles. The van der Waals surface area contributed by atoms with Crippen LogP contribution in [0.2, 0.25) is 0 Å². The van der Waals surface area contributed by atoms with Gasteiger partial charge in [0.15, 0.2) is 18.9 Å². The molecule has 7 fully saturated rings. The van der Waals surface area contributed by atoms with E-state index in [0.717, 1.165) is 32.1 Å². The molecular formula is C46H74O18. The molecule has 8 rings (SSSR count). The highest BCUT2D eigenvalue weighted by molar-refractivity contribution is 5.76. The number of carboxylic acid groups (broad SMARTS) is 1. The molecule has 0 aromatic heterocycles. The molecule has 0 unspecified atom stereocenters. The summed E-state index contributed by atoms with van der Waals surface area (Å²) in [5.41, 5.74) is -2.47. The summed E-state index contributed by atoms with van der Waals surface area (Å²) in [4.78, 5) is 13.1. The molecular weight excluding hydrogens is 840 g/mol. The number of ether oxygens (including phenoxy) is 6. The average Bonchev–Trinajstić information content (AvgIpc) is 3.24. The molecule has 11 N–H and O–H groups in total. The second-order valence-corrected chi connectivity index (χ2v) is 22.2. The molecule has 18 nitrogen and oxygen atoms in total. The summed E-state index contributed by atoms with van der Waals surface area (Å²) in [5.74, 6) is -0.996. The van der Waals surface area contributed by atoms with Gasteiger partial charge in [0.2, 0.25) is 0 Å². The van der Waals surface area contributed by atoms with Gasteiger partial charge in [0.1, 0.15) is 61.0 Å². The van der Waals surface area contributed by atoms with Crippen molar-refractivity contribution in [2.75, 3.05) is 19.8 Å². The average molecular weight is 915 g/mol. The van der Waals surface area contributed by atoms with Crippen LogP contribution in [0.3, 0.4) is 0 Å². The van der Waals surface area contributed by atoms with Crippen molar-refractivity contribution < 1.29 is 89.4 Å². The van der Waals surface area contributed by atoms with E-state index in [4.69, 9.17) is 28.4 Å². The Bertz CT molecular complexity index is 1750. The van der Waals surface area contributed by atoms with Crippen LogP contribution in [0.1, 0.15) is 106 Å². The van der Waals surface area contributed by atoms with Crippen molar-refractivity contribution in [3.63, 3.8) is 0 Å². The largest absolute Gasteiger partial charge is 0.481 e. The van der Waals surface area contributed by atoms with E-state index in [2.05, 4.69) is 26.8 Å². The number of hydrogen-bond donors (Lipinski definition) is 11. The van der Waals surface area contributed by atoms with Gasteiger partial charge in [-0.25, -0.2) is 0 Å². The van der Waals surface area contributed by atoms with E-state index in [0.29, 0.717) is 32.1 Å². The van der Waals surface area contributed by atoms with Crippen LogP contribution in [0, 0.1) is 44.8 Å². The molecule has 3 saturated heterocycles. The van der Waals surface area contributed by atoms with Crippen molar-refractivity contribution >= 4 is 5.97 Å². The van der Waals surface area contributed by atoms with Gasteiger partial charge in [0, 0.05) is 5.41 Å². The van der Waals surface area contributed by atoms with Crippen LogP contribution in [0.15, 0.2) is 11.6 Å². The normalized spacial score (nSPS) is 56.5. The standard InChI is InChI=1S/C46H74O18/c1-21-29(50)32(53)34(55)38(61-21)64-36-35(63-37-33(54)30(51)24(48)19-59-37)31(52)25(18-47)62-39(36)60-20-43(4)26-9-12-45(6)27(42(26,3)11-10-28(43)49)8-7-22-23-17-41(2,58)13-15-46(23,40(56)57)16-14-44(22,45)5/h7,21,23-39,47-55,58H,8-20H2,1-6H3,(H,56,57)/t21-,23+,24+,25-,26-,27-,28+,29+,30+,31-,32+,33-,34-,35+,36-,37+,38+,39-,41-,42-,43-,44-,45-,46+/m1/s1. The lowest BCUT2D eigenvalue weighted by Crippen LogP contribution is -2.67. The van der Waals surface area contributed by atoms with Crippen LogP contribution in [-0.4, -0.2) is 180 Å². The van der Waals surface area contributed by atoms with Crippen LogP contribution in [-0.2, 0) is 33.2 Å². The molecule has 24 atom stereocenters. The Kier molecular flexibility index (Phi) is 13.2. The molecule has 4 saturated carbocycles. The number of aliphatic carboxylic acids is 1. The Morgan fingerprint density at radius 3 is 2.11 bits per heavy atom. The zero-order valence-electron chi connectivity index (χ0n) is 37.9. The van der Waals surface area contributed by atoms with Crippen LogP contribution in [0.5, 0.6) is 0 Å². The van der Waals surface area contributed by atoms with Crippen molar-refractivity contribution in [1.82, 2.24) is 0 Å². The first-order valence-corrected chi connectivity index (χ1v) is 23.5. The number of aliphatic hydroxyl groups is 10. The number of fused-ring (bicyclic) bond motifs is 7. The lowest BCUT2D eigenvalue weighted by atomic mass is 9.33. The van der Waals surface area contributed by atoms with Crippen molar-refractivity contribution in [3.8, 4) is 0 Å². The molecule has 0 spiro atoms. The Balaban J connectivity index is 1.09. The van der Waals surface area contributed by atoms with Gasteiger partial charge in [-0.2, -0.15) is 0 Å². The Labute approximate surface area is 374 Å². The van der Waals surface area contributed by atoms with E-state index < -0.39 is 128 Å². The van der Waals surface area contributed by atoms with Gasteiger partial charge in [-0.05, 0) is 112 Å². The highest BCUT2D eigenvalue weighted by atomic mass is 16.8. The van der Waals surface area contributed by atoms with E-state index in [1.54, 1.807) is 0 Å². The van der Waals surface area contributed by atoms with E-state index in [1.165, 1.54) is 12.5 Å². The quantitative estimate of drug-likeness (QED) is 0.137. The second-order valence-electron chi connectivity index (χ2n) is 22.2. The summed E-state index contributed by atoms with van der Waals surface area (Å²) in [6.45, 7) is 11.0. The summed E-state index contributed by atoms with van der Waals surface area (Å²) < 4.78 is 36.5. The molecule has 0 bridgehead atoms. The van der Waals surface area contributed by atoms with Crippen molar-refractivity contribution in [1.29, 1.82) is 0 Å². The topological polar surface area (TPSA) is 295 Å². The Morgan fingerprint density at radius 1 is 0.750 bits per heavy atom. The van der Waals surface area contributed by atoms with Gasteiger partial charge >= 0.3 is 5.97 Å². The van der Waals surface area contributed by atoms with Gasteiger partial charge in [-0.3, -0.25) is 4.79 Å². The predicted molar refractivity (Wildman–Crippen MR) is 221 cm³/mol. The predicted octanol–water partition coefficient (Wildman–Crippen LogP) is 0.0701. The zero-order chi connectivity index (χ0) is 46.7. The zero-order valence-corrected chi connectivity index (χ0v) is 37.9. The lowest BCUT2D eigenvalue weighted by molar-refractivity contribution is -0.389. The number of carbonyl (C=O) groups is 1. The maximum absolute atomic E-state index is 13.1. The fourth-order valence-electron chi connectivity index (χ4n) is 14.5. The number of carboxylic acids is 1. The maximum Gasteiger partial charge on any atom is 0.310 e. The summed E-state index contributed by atoms with van der Waals surface area (Å²) in [6.07, 6.45) is -14.4. The van der Waals surface area contributed by atoms with Crippen LogP contribution in [0.25, 0.3) is 0 Å². The number of allylic oxidation sites excluding steroid dienone is 2. The summed E-state index contributed by atoms with van der Waals surface area (Å²) in [7, 11) is 0. The summed E-state index contributed by atoms with van der Waals surface area (Å²) >= 11 is 0. The van der Waals surface area contributed by atoms with Gasteiger partial charge in [0.05, 0.1) is 43.0 Å². The van der Waals surface area contributed by atoms with Crippen molar-refractivity contribution in [3.05, 3.63) is 11.6 Å². The smallest absolute Gasteiger partial charge is 0.310 e. The van der Waals surface area contributed by atoms with Gasteiger partial charge < -0.3 is 84.6 Å². The third-order valence-corrected chi connectivity index (χ3v) is 18.8. The van der Waals surface area contributed by atoms with E-state index in [-0.39, 0.29) is 40.6 Å². The first-order valence-electron chi connectivity index (χ1n) is 23.5. The van der Waals surface area contributed by atoms with Gasteiger partial charge in [0.25, 0.3) is 0 Å². The summed E-state index contributed by atoms with van der Waals surface area (Å²) in [6, 6.07) is 0. The molecule has 8 aliphatic rings. The fraction of sp³-hybridized carbons (Fsp3) is 0.935. The third-order valence-electron chi connectivity index (χ3n) is 18.8. The molecule has 366 valence electrons. The highest BCUT2D eigenvalue weighted by Crippen LogP contribution is 2.75. The second kappa shape index (κ2) is 17.2. The SMILES string of the molecule is C[C@H]1O[C@@H](O[C@H]2[C@H](OC[C@]3(C)[C@@H]4CC[C@]5(C)[C@H](CC=C6[C@@H]7C[C@](C)(O)CC[C@]7(C(=O)O)CC[C@]65C)[C@]4(C)CC[C@@H]3O)O[C@H](CO)[C@@H](O)[C@@H]2O[C@@H]2OC[C@H](O)[C@H](O)[C@H]2O)[C@H](O)[C@@H](O)[C@H]1O. The molecule has 0 aromatic carbocycles. The van der Waals surface area contributed by atoms with E-state index in [9.17, 15) is 61.0 Å². The molecule has 0 aromatic rings. The van der Waals surface area contributed by atoms with Crippen LogP contribution >= 0.6 is 0 Å². The lowest BCUT2D eigenvalue weighted by Gasteiger charge is -2.71. The maximum atomic E-state index is 13.1. The molecule has 0 amide bonds.